The summed E-state index contributed by atoms with van der Waals surface area (Å²) in [7, 11) is 0. The summed E-state index contributed by atoms with van der Waals surface area (Å²) in [5.41, 5.74) is 14.2. The van der Waals surface area contributed by atoms with Crippen molar-refractivity contribution in [2.75, 3.05) is 0 Å². The molecule has 68 heavy (non-hydrogen) atoms. The molecule has 14 aromatic rings. The third-order valence-electron chi connectivity index (χ3n) is 13.9. The molecule has 0 bridgehead atoms. The first kappa shape index (κ1) is 38.2. The molecule has 0 aliphatic carbocycles. The van der Waals surface area contributed by atoms with E-state index in [1.807, 2.05) is 12.1 Å². The van der Waals surface area contributed by atoms with Crippen molar-refractivity contribution >= 4 is 75.9 Å². The number of benzene rings is 11. The first-order chi connectivity index (χ1) is 33.7. The van der Waals surface area contributed by atoms with Crippen molar-refractivity contribution in [3.8, 4) is 56.4 Å². The lowest BCUT2D eigenvalue weighted by molar-refractivity contribution is 1.16. The molecular weight excluding hydrogens is 825 g/mol. The van der Waals surface area contributed by atoms with Gasteiger partial charge in [0, 0.05) is 49.6 Å². The van der Waals surface area contributed by atoms with Gasteiger partial charge in [0.1, 0.15) is 0 Å². The zero-order valence-electron chi connectivity index (χ0n) is 36.9. The van der Waals surface area contributed by atoms with E-state index in [9.17, 15) is 0 Å². The van der Waals surface area contributed by atoms with Gasteiger partial charge in [0.25, 0.3) is 0 Å². The lowest BCUT2D eigenvalue weighted by Gasteiger charge is -2.14. The molecule has 14 rings (SSSR count). The smallest absolute Gasteiger partial charge is 0.160 e. The van der Waals surface area contributed by atoms with E-state index in [2.05, 4.69) is 240 Å². The molecule has 316 valence electrons. The maximum absolute atomic E-state index is 5.09. The van der Waals surface area contributed by atoms with Crippen LogP contribution in [-0.2, 0) is 0 Å². The second-order valence-electron chi connectivity index (χ2n) is 17.7. The molecule has 4 heteroatoms. The zero-order chi connectivity index (χ0) is 44.7. The van der Waals surface area contributed by atoms with E-state index in [0.29, 0.717) is 5.82 Å². The summed E-state index contributed by atoms with van der Waals surface area (Å²) < 4.78 is 4.82. The van der Waals surface area contributed by atoms with Gasteiger partial charge in [-0.05, 0) is 122 Å². The summed E-state index contributed by atoms with van der Waals surface area (Å²) in [6.45, 7) is 0. The number of hydrogen-bond acceptors (Lipinski definition) is 2. The minimum atomic E-state index is 0.698. The summed E-state index contributed by atoms with van der Waals surface area (Å²) in [6.07, 6.45) is 0. The Hall–Kier alpha value is -9.12. The normalized spacial score (nSPS) is 11.8. The van der Waals surface area contributed by atoms with Crippen LogP contribution < -0.4 is 0 Å². The lowest BCUT2D eigenvalue weighted by atomic mass is 9.94. The van der Waals surface area contributed by atoms with Gasteiger partial charge in [0.15, 0.2) is 5.82 Å². The quantitative estimate of drug-likeness (QED) is 0.156. The molecule has 0 fully saturated rings. The Balaban J connectivity index is 0.866. The Bertz CT molecular complexity index is 4200. The number of para-hydroxylation sites is 2. The van der Waals surface area contributed by atoms with Crippen LogP contribution in [0.2, 0.25) is 0 Å². The SMILES string of the molecule is c1ccc(-c2cc(-c3ccccc3)nc(-c3ccc(-n4c5ccccc5c5cc(-c6ccc7c(c6)c6ccccc6n7-c6ccc7c8ccccc8c8ccccc8c7c6)ccc54)cc3)n2)cc1. The molecule has 3 aromatic heterocycles. The highest BCUT2D eigenvalue weighted by Gasteiger charge is 2.18. The summed E-state index contributed by atoms with van der Waals surface area (Å²) in [5, 5.41) is 12.6. The van der Waals surface area contributed by atoms with E-state index < -0.39 is 0 Å². The van der Waals surface area contributed by atoms with Crippen molar-refractivity contribution in [1.29, 1.82) is 0 Å². The monoisotopic (exact) mass is 864 g/mol. The molecule has 4 nitrogen and oxygen atoms in total. The van der Waals surface area contributed by atoms with Crippen LogP contribution >= 0.6 is 0 Å². The predicted molar refractivity (Wildman–Crippen MR) is 285 cm³/mol. The van der Waals surface area contributed by atoms with Crippen LogP contribution in [0.1, 0.15) is 0 Å². The van der Waals surface area contributed by atoms with Crippen LogP contribution in [0.25, 0.3) is 132 Å². The van der Waals surface area contributed by atoms with Crippen LogP contribution in [0.15, 0.2) is 243 Å². The van der Waals surface area contributed by atoms with E-state index in [1.165, 1.54) is 76.0 Å². The highest BCUT2D eigenvalue weighted by molar-refractivity contribution is 6.25. The van der Waals surface area contributed by atoms with Crippen LogP contribution in [0.3, 0.4) is 0 Å². The number of fused-ring (bicyclic) bond motifs is 12. The molecule has 0 amide bonds. The van der Waals surface area contributed by atoms with E-state index in [4.69, 9.17) is 9.97 Å². The molecular formula is C64H40N4. The van der Waals surface area contributed by atoms with Gasteiger partial charge >= 0.3 is 0 Å². The van der Waals surface area contributed by atoms with Crippen LogP contribution in [0.4, 0.5) is 0 Å². The fraction of sp³-hybridized carbons (Fsp3) is 0. The third kappa shape index (κ3) is 6.01. The van der Waals surface area contributed by atoms with Gasteiger partial charge < -0.3 is 9.13 Å². The number of rotatable bonds is 6. The molecule has 0 spiro atoms. The van der Waals surface area contributed by atoms with Crippen LogP contribution in [-0.4, -0.2) is 19.1 Å². The minimum absolute atomic E-state index is 0.698. The maximum Gasteiger partial charge on any atom is 0.160 e. The molecule has 0 saturated carbocycles. The second kappa shape index (κ2) is 15.2. The fourth-order valence-electron chi connectivity index (χ4n) is 10.7. The van der Waals surface area contributed by atoms with E-state index >= 15 is 0 Å². The van der Waals surface area contributed by atoms with Gasteiger partial charge in [-0.3, -0.25) is 0 Å². The highest BCUT2D eigenvalue weighted by Crippen LogP contribution is 2.41. The van der Waals surface area contributed by atoms with Crippen LogP contribution in [0.5, 0.6) is 0 Å². The van der Waals surface area contributed by atoms with Gasteiger partial charge in [0.2, 0.25) is 0 Å². The van der Waals surface area contributed by atoms with E-state index in [-0.39, 0.29) is 0 Å². The lowest BCUT2D eigenvalue weighted by Crippen LogP contribution is -1.97. The van der Waals surface area contributed by atoms with Crippen molar-refractivity contribution in [1.82, 2.24) is 19.1 Å². The van der Waals surface area contributed by atoms with E-state index in [0.717, 1.165) is 50.5 Å². The first-order valence-electron chi connectivity index (χ1n) is 23.2. The molecule has 11 aromatic carbocycles. The summed E-state index contributed by atoms with van der Waals surface area (Å²) in [6, 6.07) is 87.5. The average Bonchev–Trinajstić information content (AvgIpc) is 3.93. The Morgan fingerprint density at radius 2 is 0.603 bits per heavy atom. The van der Waals surface area contributed by atoms with E-state index in [1.54, 1.807) is 0 Å². The summed E-state index contributed by atoms with van der Waals surface area (Å²) in [5.74, 6) is 0.698. The predicted octanol–water partition coefficient (Wildman–Crippen LogP) is 16.8. The van der Waals surface area contributed by atoms with Crippen LogP contribution in [0, 0.1) is 0 Å². The molecule has 0 aliphatic heterocycles. The Morgan fingerprint density at radius 3 is 1.12 bits per heavy atom. The van der Waals surface area contributed by atoms with Crippen molar-refractivity contribution < 1.29 is 0 Å². The summed E-state index contributed by atoms with van der Waals surface area (Å²) in [4.78, 5) is 10.2. The largest absolute Gasteiger partial charge is 0.309 e. The maximum atomic E-state index is 5.09. The molecule has 0 N–H and O–H groups in total. The van der Waals surface area contributed by atoms with Crippen molar-refractivity contribution in [2.24, 2.45) is 0 Å². The molecule has 0 atom stereocenters. The third-order valence-corrected chi connectivity index (χ3v) is 13.9. The van der Waals surface area contributed by atoms with Gasteiger partial charge in [-0.1, -0.05) is 164 Å². The highest BCUT2D eigenvalue weighted by atomic mass is 15.0. The van der Waals surface area contributed by atoms with Crippen molar-refractivity contribution in [3.63, 3.8) is 0 Å². The second-order valence-corrected chi connectivity index (χ2v) is 17.7. The Kier molecular flexibility index (Phi) is 8.55. The molecule has 0 saturated heterocycles. The first-order valence-corrected chi connectivity index (χ1v) is 23.2. The molecule has 3 heterocycles. The average molecular weight is 865 g/mol. The molecule has 0 unspecified atom stereocenters. The van der Waals surface area contributed by atoms with Gasteiger partial charge in [0.05, 0.1) is 33.5 Å². The van der Waals surface area contributed by atoms with Gasteiger partial charge in [-0.25, -0.2) is 9.97 Å². The fourth-order valence-corrected chi connectivity index (χ4v) is 10.7. The Morgan fingerprint density at radius 1 is 0.221 bits per heavy atom. The standard InChI is InChI=1S/C64H40N4/c1-3-15-41(16-4-1)58-40-59(42-17-5-2-6-18-42)66-64(65-58)43-27-31-46(32-28-43)67-60-25-13-11-23-53(60)56-37-44(29-35-62(56)67)45-30-36-63-57(38-45)54-24-12-14-26-61(54)68(63)47-33-34-52-50-21-8-7-19-48(50)49-20-9-10-22-51(49)55(52)39-47/h1-40H. The molecule has 0 radical (unpaired) electrons. The number of hydrogen-bond donors (Lipinski definition) is 0. The zero-order valence-corrected chi connectivity index (χ0v) is 36.9. The minimum Gasteiger partial charge on any atom is -0.309 e. The Labute approximate surface area is 392 Å². The molecule has 0 aliphatic rings. The number of nitrogens with zero attached hydrogens (tertiary/aromatic N) is 4. The van der Waals surface area contributed by atoms with Gasteiger partial charge in [-0.15, -0.1) is 0 Å². The number of aromatic nitrogens is 4. The van der Waals surface area contributed by atoms with Gasteiger partial charge in [-0.2, -0.15) is 0 Å². The van der Waals surface area contributed by atoms with Crippen molar-refractivity contribution in [3.05, 3.63) is 243 Å². The topological polar surface area (TPSA) is 35.6 Å². The summed E-state index contributed by atoms with van der Waals surface area (Å²) >= 11 is 0. The van der Waals surface area contributed by atoms with Crippen molar-refractivity contribution in [2.45, 2.75) is 0 Å².